The Morgan fingerprint density at radius 2 is 1.77 bits per heavy atom. The molecule has 0 aromatic heterocycles. The van der Waals surface area contributed by atoms with E-state index in [4.69, 9.17) is 17.0 Å². The van der Waals surface area contributed by atoms with Gasteiger partial charge >= 0.3 is 0 Å². The summed E-state index contributed by atoms with van der Waals surface area (Å²) in [7, 11) is 1.55. The van der Waals surface area contributed by atoms with E-state index in [1.165, 1.54) is 0 Å². The molecule has 0 atom stereocenters. The van der Waals surface area contributed by atoms with Gasteiger partial charge in [0.2, 0.25) is 0 Å². The van der Waals surface area contributed by atoms with Crippen molar-refractivity contribution >= 4 is 34.8 Å². The Morgan fingerprint density at radius 1 is 1.04 bits per heavy atom. The van der Waals surface area contributed by atoms with Gasteiger partial charge in [-0.15, -0.1) is 0 Å². The number of anilines is 1. The van der Waals surface area contributed by atoms with Gasteiger partial charge in [0.05, 0.1) is 17.4 Å². The molecule has 0 aliphatic rings. The molecule has 0 bridgehead atoms. The molecule has 0 aliphatic heterocycles. The molecule has 0 saturated carbocycles. The summed E-state index contributed by atoms with van der Waals surface area (Å²) in [5.74, 6) is -0.00798. The summed E-state index contributed by atoms with van der Waals surface area (Å²) in [5.41, 5.74) is 1.36. The lowest BCUT2D eigenvalue weighted by Gasteiger charge is -2.13. The van der Waals surface area contributed by atoms with Crippen LogP contribution in [0.25, 0.3) is 0 Å². The van der Waals surface area contributed by atoms with E-state index in [0.29, 0.717) is 22.6 Å². The van der Waals surface area contributed by atoms with Gasteiger partial charge in [-0.1, -0.05) is 18.2 Å². The van der Waals surface area contributed by atoms with Gasteiger partial charge in [-0.3, -0.25) is 14.9 Å². The summed E-state index contributed by atoms with van der Waals surface area (Å²) in [4.78, 5) is 24.3. The topological polar surface area (TPSA) is 79.5 Å². The van der Waals surface area contributed by atoms with Crippen LogP contribution in [-0.2, 0) is 0 Å². The highest BCUT2D eigenvalue weighted by molar-refractivity contribution is 7.80. The Labute approximate surface area is 157 Å². The third kappa shape index (κ3) is 5.29. The normalized spacial score (nSPS) is 10.2. The van der Waals surface area contributed by atoms with E-state index in [1.807, 2.05) is 13.8 Å². The summed E-state index contributed by atoms with van der Waals surface area (Å²) in [5, 5.41) is 8.14. The zero-order valence-electron chi connectivity index (χ0n) is 14.8. The van der Waals surface area contributed by atoms with Gasteiger partial charge < -0.3 is 15.4 Å². The lowest BCUT2D eigenvalue weighted by atomic mass is 10.1. The van der Waals surface area contributed by atoms with Gasteiger partial charge in [-0.2, -0.15) is 0 Å². The maximum atomic E-state index is 12.4. The zero-order valence-corrected chi connectivity index (χ0v) is 15.6. The molecule has 0 heterocycles. The Hall–Kier alpha value is -2.93. The predicted octanol–water partition coefficient (Wildman–Crippen LogP) is 2.96. The Bertz CT molecular complexity index is 821. The molecule has 2 rings (SSSR count). The first-order chi connectivity index (χ1) is 12.4. The molecule has 0 radical (unpaired) electrons. The third-order valence-corrected chi connectivity index (χ3v) is 3.55. The second-order valence-electron chi connectivity index (χ2n) is 5.73. The minimum absolute atomic E-state index is 0.0114. The molecule has 0 fully saturated rings. The molecule has 3 N–H and O–H groups in total. The Balaban J connectivity index is 2.07. The molecule has 0 unspecified atom stereocenters. The van der Waals surface area contributed by atoms with Crippen LogP contribution in [0.3, 0.4) is 0 Å². The van der Waals surface area contributed by atoms with Crippen molar-refractivity contribution in [1.29, 1.82) is 0 Å². The minimum atomic E-state index is -0.367. The lowest BCUT2D eigenvalue weighted by Crippen LogP contribution is -2.34. The molecule has 26 heavy (non-hydrogen) atoms. The standard InChI is InChI=1S/C19H21N3O3S/c1-12(2)25-14-8-6-7-13(11-14)17(23)22-19(26)21-16-10-5-4-9-15(16)18(24)20-3/h4-12H,1-3H3,(H,20,24)(H2,21,22,23,26). The molecule has 6 nitrogen and oxygen atoms in total. The lowest BCUT2D eigenvalue weighted by molar-refractivity contribution is 0.0960. The third-order valence-electron chi connectivity index (χ3n) is 3.34. The number of rotatable bonds is 5. The van der Waals surface area contributed by atoms with Gasteiger partial charge in [0, 0.05) is 12.6 Å². The van der Waals surface area contributed by atoms with Crippen molar-refractivity contribution in [2.75, 3.05) is 12.4 Å². The quantitative estimate of drug-likeness (QED) is 0.704. The largest absolute Gasteiger partial charge is 0.491 e. The predicted molar refractivity (Wildman–Crippen MR) is 106 cm³/mol. The number of amides is 2. The fourth-order valence-corrected chi connectivity index (χ4v) is 2.44. The number of hydrogen-bond acceptors (Lipinski definition) is 4. The van der Waals surface area contributed by atoms with Crippen LogP contribution in [0.2, 0.25) is 0 Å². The molecule has 2 aromatic rings. The maximum Gasteiger partial charge on any atom is 0.257 e. The highest BCUT2D eigenvalue weighted by Gasteiger charge is 2.13. The van der Waals surface area contributed by atoms with E-state index in [-0.39, 0.29) is 23.0 Å². The number of para-hydroxylation sites is 1. The van der Waals surface area contributed by atoms with Crippen LogP contribution in [0.5, 0.6) is 5.75 Å². The molecule has 0 saturated heterocycles. The first-order valence-electron chi connectivity index (χ1n) is 8.11. The van der Waals surface area contributed by atoms with Gasteiger partial charge in [0.15, 0.2) is 5.11 Å². The average molecular weight is 371 g/mol. The number of carbonyl (C=O) groups excluding carboxylic acids is 2. The number of nitrogens with one attached hydrogen (secondary N) is 3. The fourth-order valence-electron chi connectivity index (χ4n) is 2.24. The highest BCUT2D eigenvalue weighted by atomic mass is 32.1. The summed E-state index contributed by atoms with van der Waals surface area (Å²) in [6, 6.07) is 13.7. The molecule has 0 spiro atoms. The van der Waals surface area contributed by atoms with E-state index < -0.39 is 0 Å². The first kappa shape index (κ1) is 19.4. The molecular weight excluding hydrogens is 350 g/mol. The van der Waals surface area contributed by atoms with Crippen LogP contribution in [0, 0.1) is 0 Å². The molecule has 136 valence electrons. The fraction of sp³-hybridized carbons (Fsp3) is 0.211. The Kier molecular flexibility index (Phi) is 6.68. The zero-order chi connectivity index (χ0) is 19.1. The SMILES string of the molecule is CNC(=O)c1ccccc1NC(=S)NC(=O)c1cccc(OC(C)C)c1. The maximum absolute atomic E-state index is 12.4. The van der Waals surface area contributed by atoms with Crippen LogP contribution in [-0.4, -0.2) is 30.1 Å². The number of carbonyl (C=O) groups is 2. The molecule has 0 aliphatic carbocycles. The van der Waals surface area contributed by atoms with Gasteiger partial charge in [0.1, 0.15) is 5.75 Å². The van der Waals surface area contributed by atoms with E-state index in [9.17, 15) is 9.59 Å². The highest BCUT2D eigenvalue weighted by Crippen LogP contribution is 2.16. The second-order valence-corrected chi connectivity index (χ2v) is 6.14. The molecular formula is C19H21N3O3S. The van der Waals surface area contributed by atoms with E-state index in [2.05, 4.69) is 16.0 Å². The van der Waals surface area contributed by atoms with Gasteiger partial charge in [0.25, 0.3) is 11.8 Å². The first-order valence-corrected chi connectivity index (χ1v) is 8.51. The van der Waals surface area contributed by atoms with Crippen molar-refractivity contribution in [3.05, 3.63) is 59.7 Å². The second kappa shape index (κ2) is 8.96. The van der Waals surface area contributed by atoms with E-state index in [1.54, 1.807) is 55.6 Å². The van der Waals surface area contributed by atoms with Crippen molar-refractivity contribution in [3.8, 4) is 5.75 Å². The summed E-state index contributed by atoms with van der Waals surface area (Å²) in [6.45, 7) is 3.82. The molecule has 7 heteroatoms. The summed E-state index contributed by atoms with van der Waals surface area (Å²) in [6.07, 6.45) is 0.0114. The van der Waals surface area contributed by atoms with Crippen molar-refractivity contribution in [2.45, 2.75) is 20.0 Å². The van der Waals surface area contributed by atoms with Crippen molar-refractivity contribution in [2.24, 2.45) is 0 Å². The average Bonchev–Trinajstić information content (AvgIpc) is 2.61. The van der Waals surface area contributed by atoms with Crippen molar-refractivity contribution < 1.29 is 14.3 Å². The van der Waals surface area contributed by atoms with E-state index >= 15 is 0 Å². The molecule has 2 aromatic carbocycles. The van der Waals surface area contributed by atoms with Crippen LogP contribution >= 0.6 is 12.2 Å². The van der Waals surface area contributed by atoms with E-state index in [0.717, 1.165) is 0 Å². The Morgan fingerprint density at radius 3 is 2.46 bits per heavy atom. The number of benzene rings is 2. The summed E-state index contributed by atoms with van der Waals surface area (Å²) < 4.78 is 5.59. The number of thiocarbonyl (C=S) groups is 1. The van der Waals surface area contributed by atoms with Crippen LogP contribution < -0.4 is 20.7 Å². The minimum Gasteiger partial charge on any atom is -0.491 e. The van der Waals surface area contributed by atoms with Crippen molar-refractivity contribution in [1.82, 2.24) is 10.6 Å². The molecule has 2 amide bonds. The van der Waals surface area contributed by atoms with Crippen LogP contribution in [0.1, 0.15) is 34.6 Å². The smallest absolute Gasteiger partial charge is 0.257 e. The van der Waals surface area contributed by atoms with Gasteiger partial charge in [-0.05, 0) is 56.4 Å². The van der Waals surface area contributed by atoms with Crippen LogP contribution in [0.4, 0.5) is 5.69 Å². The van der Waals surface area contributed by atoms with Crippen LogP contribution in [0.15, 0.2) is 48.5 Å². The number of hydrogen-bond donors (Lipinski definition) is 3. The van der Waals surface area contributed by atoms with Gasteiger partial charge in [-0.25, -0.2) is 0 Å². The summed E-state index contributed by atoms with van der Waals surface area (Å²) >= 11 is 5.19. The van der Waals surface area contributed by atoms with Crippen molar-refractivity contribution in [3.63, 3.8) is 0 Å². The number of ether oxygens (including phenoxy) is 1. The monoisotopic (exact) mass is 371 g/mol.